The van der Waals surface area contributed by atoms with E-state index in [9.17, 15) is 5.11 Å². The maximum Gasteiger partial charge on any atom is 0.325 e. The summed E-state index contributed by atoms with van der Waals surface area (Å²) in [5, 5.41) is 15.9. The van der Waals surface area contributed by atoms with E-state index in [-0.39, 0.29) is 18.3 Å². The molecule has 6 nitrogen and oxygen atoms in total. The van der Waals surface area contributed by atoms with Crippen molar-refractivity contribution < 1.29 is 14.3 Å². The third-order valence-electron chi connectivity index (χ3n) is 2.57. The van der Waals surface area contributed by atoms with Gasteiger partial charge in [0.1, 0.15) is 0 Å². The highest BCUT2D eigenvalue weighted by molar-refractivity contribution is 6.35. The summed E-state index contributed by atoms with van der Waals surface area (Å²) >= 11 is 11.9. The second-order valence-electron chi connectivity index (χ2n) is 4.05. The molecular formula is C12H12Cl2N4O2. The summed E-state index contributed by atoms with van der Waals surface area (Å²) in [7, 11) is 0. The van der Waals surface area contributed by atoms with Crippen LogP contribution in [0.4, 0.5) is 5.88 Å². The predicted octanol–water partition coefficient (Wildman–Crippen LogP) is 1.19. The Balaban J connectivity index is 2.34. The fourth-order valence-corrected chi connectivity index (χ4v) is 2.12. The minimum atomic E-state index is -0.382. The van der Waals surface area contributed by atoms with Gasteiger partial charge in [0.05, 0.1) is 11.6 Å². The first-order chi connectivity index (χ1) is 9.51. The van der Waals surface area contributed by atoms with E-state index in [2.05, 4.69) is 10.3 Å². The molecule has 2 rings (SSSR count). The predicted molar refractivity (Wildman–Crippen MR) is 72.9 cm³/mol. The maximum atomic E-state index is 11.0. The number of benzene rings is 1. The van der Waals surface area contributed by atoms with Gasteiger partial charge in [0.2, 0.25) is 11.8 Å². The molecule has 1 aromatic heterocycles. The Morgan fingerprint density at radius 3 is 2.85 bits per heavy atom. The maximum absolute atomic E-state index is 11.0. The summed E-state index contributed by atoms with van der Waals surface area (Å²) in [5.41, 5.74) is 6.96. The first-order valence-corrected chi connectivity index (χ1v) is 6.52. The van der Waals surface area contributed by atoms with Crippen LogP contribution in [0.15, 0.2) is 27.7 Å². The molecule has 0 saturated heterocycles. The molecule has 0 radical (unpaired) electrons. The van der Waals surface area contributed by atoms with E-state index >= 15 is 0 Å². The molecule has 0 bridgehead atoms. The van der Waals surface area contributed by atoms with Crippen LogP contribution in [0.25, 0.3) is 0 Å². The number of nitrogens with zero attached hydrogens (tertiary/aromatic N) is 3. The van der Waals surface area contributed by atoms with E-state index in [1.54, 1.807) is 18.2 Å². The fraction of sp³-hybridized carbons (Fsp3) is 0.250. The summed E-state index contributed by atoms with van der Waals surface area (Å²) in [6.07, 6.45) is 0. The van der Waals surface area contributed by atoms with Gasteiger partial charge < -0.3 is 10.8 Å². The van der Waals surface area contributed by atoms with Gasteiger partial charge in [-0.15, -0.1) is 0 Å². The lowest BCUT2D eigenvalue weighted by Gasteiger charge is -2.00. The Morgan fingerprint density at radius 2 is 2.25 bits per heavy atom. The fourth-order valence-electron chi connectivity index (χ4n) is 1.66. The summed E-state index contributed by atoms with van der Waals surface area (Å²) in [6, 6.07) is 5.16. The molecule has 1 aromatic carbocycles. The zero-order valence-electron chi connectivity index (χ0n) is 10.6. The highest BCUT2D eigenvalue weighted by Gasteiger charge is 2.23. The Bertz CT molecular complexity index is 651. The molecule has 0 saturated carbocycles. The van der Waals surface area contributed by atoms with Crippen molar-refractivity contribution in [3.63, 3.8) is 0 Å². The molecule has 0 atom stereocenters. The van der Waals surface area contributed by atoms with Gasteiger partial charge in [0, 0.05) is 10.6 Å². The highest BCUT2D eigenvalue weighted by Crippen LogP contribution is 2.21. The van der Waals surface area contributed by atoms with Crippen molar-refractivity contribution in [2.45, 2.75) is 20.0 Å². The molecule has 0 fully saturated rings. The molecular weight excluding hydrogens is 303 g/mol. The zero-order valence-corrected chi connectivity index (χ0v) is 12.1. The molecule has 0 amide bonds. The molecule has 2 N–H and O–H groups in total. The normalized spacial score (nSPS) is 11.9. The van der Waals surface area contributed by atoms with Crippen LogP contribution in [0.3, 0.4) is 0 Å². The zero-order chi connectivity index (χ0) is 14.7. The molecule has 0 aliphatic rings. The van der Waals surface area contributed by atoms with Crippen molar-refractivity contribution in [3.8, 4) is 0 Å². The van der Waals surface area contributed by atoms with E-state index in [1.807, 2.05) is 0 Å². The van der Waals surface area contributed by atoms with Gasteiger partial charge in [-0.2, -0.15) is 0 Å². The first kappa shape index (κ1) is 14.8. The Hall–Kier alpha value is -1.63. The van der Waals surface area contributed by atoms with Crippen LogP contribution in [0, 0.1) is 0 Å². The van der Waals surface area contributed by atoms with E-state index in [0.717, 1.165) is 5.56 Å². The summed E-state index contributed by atoms with van der Waals surface area (Å²) in [4.78, 5) is 3.71. The van der Waals surface area contributed by atoms with Crippen molar-refractivity contribution in [2.75, 3.05) is 0 Å². The minimum Gasteiger partial charge on any atom is -0.862 e. The van der Waals surface area contributed by atoms with E-state index in [1.165, 1.54) is 11.6 Å². The Labute approximate surface area is 125 Å². The molecule has 106 valence electrons. The average molecular weight is 315 g/mol. The quantitative estimate of drug-likeness (QED) is 0.521. The van der Waals surface area contributed by atoms with Crippen LogP contribution in [0.5, 0.6) is 0 Å². The molecule has 0 aliphatic carbocycles. The number of nitrogens with two attached hydrogens (primary N) is 1. The number of hydrogen-bond donors (Lipinski definition) is 1. The molecule has 20 heavy (non-hydrogen) atoms. The number of hydrogen-bond acceptors (Lipinski definition) is 5. The van der Waals surface area contributed by atoms with Gasteiger partial charge in [-0.05, 0) is 35.7 Å². The topological polar surface area (TPSA) is 91.3 Å². The second kappa shape index (κ2) is 6.21. The lowest BCUT2D eigenvalue weighted by Crippen LogP contribution is -2.41. The van der Waals surface area contributed by atoms with Crippen LogP contribution < -0.4 is 15.5 Å². The van der Waals surface area contributed by atoms with Gasteiger partial charge in [0.25, 0.3) is 5.69 Å². The monoisotopic (exact) mass is 314 g/mol. The Kier molecular flexibility index (Phi) is 4.59. The summed E-state index contributed by atoms with van der Waals surface area (Å²) in [6.45, 7) is 1.81. The third kappa shape index (κ3) is 3.27. The molecule has 1 heterocycles. The lowest BCUT2D eigenvalue weighted by atomic mass is 10.2. The van der Waals surface area contributed by atoms with Gasteiger partial charge in [-0.1, -0.05) is 23.2 Å². The Morgan fingerprint density at radius 1 is 1.50 bits per heavy atom. The molecule has 0 spiro atoms. The van der Waals surface area contributed by atoms with Crippen LogP contribution >= 0.6 is 23.2 Å². The van der Waals surface area contributed by atoms with Crippen LogP contribution in [-0.2, 0) is 13.1 Å². The van der Waals surface area contributed by atoms with Crippen molar-refractivity contribution in [2.24, 2.45) is 10.7 Å². The molecule has 0 aliphatic heterocycles. The van der Waals surface area contributed by atoms with Crippen LogP contribution in [-0.4, -0.2) is 11.2 Å². The van der Waals surface area contributed by atoms with E-state index in [4.69, 9.17) is 33.5 Å². The SMILES string of the molecule is C/C([O-])=N\c1on[n+](Cc2ccc(Cl)cc2Cl)c1CN. The van der Waals surface area contributed by atoms with E-state index in [0.29, 0.717) is 22.3 Å². The van der Waals surface area contributed by atoms with Gasteiger partial charge >= 0.3 is 5.88 Å². The molecule has 8 heteroatoms. The average Bonchev–Trinajstić information content (AvgIpc) is 2.74. The standard InChI is InChI=1S/C12H12Cl2N4O2/c1-7(19)16-12-11(5-15)18(17-20-12)6-8-2-3-9(13)4-10(8)14/h2-4H,5-6,15H2,1H3. The number of aliphatic imine (C=N–C) groups is 1. The van der Waals surface area contributed by atoms with Crippen molar-refractivity contribution in [3.05, 3.63) is 39.5 Å². The lowest BCUT2D eigenvalue weighted by molar-refractivity contribution is -0.760. The third-order valence-corrected chi connectivity index (χ3v) is 3.16. The molecule has 2 aromatic rings. The first-order valence-electron chi connectivity index (χ1n) is 5.76. The number of aromatic nitrogens is 2. The minimum absolute atomic E-state index is 0.116. The molecule has 0 unspecified atom stereocenters. The summed E-state index contributed by atoms with van der Waals surface area (Å²) < 4.78 is 6.52. The van der Waals surface area contributed by atoms with Crippen molar-refractivity contribution in [1.29, 1.82) is 0 Å². The number of rotatable bonds is 4. The van der Waals surface area contributed by atoms with Gasteiger partial charge in [0.15, 0.2) is 0 Å². The van der Waals surface area contributed by atoms with Crippen LogP contribution in [0.1, 0.15) is 18.2 Å². The van der Waals surface area contributed by atoms with Crippen molar-refractivity contribution in [1.82, 2.24) is 5.27 Å². The van der Waals surface area contributed by atoms with Gasteiger partial charge in [-0.25, -0.2) is 4.99 Å². The highest BCUT2D eigenvalue weighted by atomic mass is 35.5. The van der Waals surface area contributed by atoms with Crippen LogP contribution in [0.2, 0.25) is 10.0 Å². The van der Waals surface area contributed by atoms with E-state index < -0.39 is 0 Å². The smallest absolute Gasteiger partial charge is 0.325 e. The van der Waals surface area contributed by atoms with Crippen molar-refractivity contribution >= 4 is 35.0 Å². The largest absolute Gasteiger partial charge is 0.862 e. The number of halogens is 2. The van der Waals surface area contributed by atoms with Gasteiger partial charge in [-0.3, -0.25) is 4.52 Å². The second-order valence-corrected chi connectivity index (χ2v) is 4.90. The summed E-state index contributed by atoms with van der Waals surface area (Å²) in [5.74, 6) is -0.266.